The summed E-state index contributed by atoms with van der Waals surface area (Å²) in [6, 6.07) is -0.107. The molecule has 0 aromatic heterocycles. The van der Waals surface area contributed by atoms with Gasteiger partial charge in [0.2, 0.25) is 0 Å². The van der Waals surface area contributed by atoms with Crippen LogP contribution in [0.15, 0.2) is 0 Å². The zero-order valence-electron chi connectivity index (χ0n) is 9.63. The lowest BCUT2D eigenvalue weighted by Crippen LogP contribution is -2.42. The van der Waals surface area contributed by atoms with Crippen LogP contribution in [-0.2, 0) is 0 Å². The molecule has 0 heterocycles. The van der Waals surface area contributed by atoms with E-state index in [-0.39, 0.29) is 12.6 Å². The molecule has 0 saturated heterocycles. The van der Waals surface area contributed by atoms with Crippen LogP contribution in [-0.4, -0.2) is 41.9 Å². The Bertz CT molecular complexity index is 208. The minimum Gasteiger partial charge on any atom is -0.391 e. The third-order valence-corrected chi connectivity index (χ3v) is 3.26. The average Bonchev–Trinajstić information content (AvgIpc) is 2.38. The van der Waals surface area contributed by atoms with Crippen LogP contribution in [0.1, 0.15) is 38.5 Å². The first-order chi connectivity index (χ1) is 7.40. The molecule has 1 fully saturated rings. The summed E-state index contributed by atoms with van der Waals surface area (Å²) in [4.78, 5) is 1.66. The van der Waals surface area contributed by atoms with Crippen LogP contribution in [0.5, 0.6) is 0 Å². The average molecular weight is 239 g/mol. The molecule has 1 N–H and O–H groups in total. The molecular weight excluding hydrogens is 219 g/mol. The number of alkyl halides is 3. The van der Waals surface area contributed by atoms with E-state index in [1.807, 2.05) is 0 Å². The van der Waals surface area contributed by atoms with Crippen molar-refractivity contribution in [1.82, 2.24) is 4.90 Å². The molecule has 0 bridgehead atoms. The van der Waals surface area contributed by atoms with Gasteiger partial charge in [0.1, 0.15) is 0 Å². The Hall–Kier alpha value is -0.290. The SMILES string of the molecule is CN(CCC(F)(F)F)C1CCCCCC1O. The van der Waals surface area contributed by atoms with Crippen LogP contribution in [0.25, 0.3) is 0 Å². The quantitative estimate of drug-likeness (QED) is 0.765. The lowest BCUT2D eigenvalue weighted by Gasteiger charge is -2.30. The van der Waals surface area contributed by atoms with Gasteiger partial charge in [0.25, 0.3) is 0 Å². The summed E-state index contributed by atoms with van der Waals surface area (Å²) in [5.74, 6) is 0. The molecule has 0 amide bonds. The number of aliphatic hydroxyl groups excluding tert-OH is 1. The molecule has 1 saturated carbocycles. The molecule has 1 aliphatic rings. The normalized spacial score (nSPS) is 28.1. The summed E-state index contributed by atoms with van der Waals surface area (Å²) >= 11 is 0. The molecule has 0 radical (unpaired) electrons. The van der Waals surface area contributed by atoms with Crippen molar-refractivity contribution in [3.63, 3.8) is 0 Å². The second-order valence-electron chi connectivity index (χ2n) is 4.62. The highest BCUT2D eigenvalue weighted by Gasteiger charge is 2.30. The van der Waals surface area contributed by atoms with Crippen molar-refractivity contribution in [3.8, 4) is 0 Å². The molecule has 5 heteroatoms. The Morgan fingerprint density at radius 2 is 1.81 bits per heavy atom. The maximum Gasteiger partial charge on any atom is 0.390 e. The van der Waals surface area contributed by atoms with E-state index in [4.69, 9.17) is 0 Å². The third kappa shape index (κ3) is 4.70. The van der Waals surface area contributed by atoms with E-state index in [1.165, 1.54) is 0 Å². The van der Waals surface area contributed by atoms with E-state index in [9.17, 15) is 18.3 Å². The second-order valence-corrected chi connectivity index (χ2v) is 4.62. The van der Waals surface area contributed by atoms with E-state index in [1.54, 1.807) is 11.9 Å². The lowest BCUT2D eigenvalue weighted by molar-refractivity contribution is -0.139. The summed E-state index contributed by atoms with van der Waals surface area (Å²) in [5, 5.41) is 9.83. The molecule has 0 spiro atoms. The summed E-state index contributed by atoms with van der Waals surface area (Å²) < 4.78 is 36.2. The minimum atomic E-state index is -4.11. The fourth-order valence-corrected chi connectivity index (χ4v) is 2.25. The van der Waals surface area contributed by atoms with Crippen molar-refractivity contribution in [2.24, 2.45) is 0 Å². The van der Waals surface area contributed by atoms with Crippen molar-refractivity contribution in [1.29, 1.82) is 0 Å². The van der Waals surface area contributed by atoms with Gasteiger partial charge in [0, 0.05) is 12.6 Å². The Morgan fingerprint density at radius 1 is 1.19 bits per heavy atom. The van der Waals surface area contributed by atoms with Gasteiger partial charge in [-0.1, -0.05) is 19.3 Å². The molecule has 1 aliphatic carbocycles. The van der Waals surface area contributed by atoms with Crippen molar-refractivity contribution < 1.29 is 18.3 Å². The van der Waals surface area contributed by atoms with Crippen molar-refractivity contribution in [3.05, 3.63) is 0 Å². The van der Waals surface area contributed by atoms with Crippen molar-refractivity contribution in [2.75, 3.05) is 13.6 Å². The summed E-state index contributed by atoms with van der Waals surface area (Å²) in [6.07, 6.45) is -0.822. The molecule has 2 atom stereocenters. The molecule has 0 aromatic carbocycles. The number of hydrogen-bond donors (Lipinski definition) is 1. The Balaban J connectivity index is 2.41. The van der Waals surface area contributed by atoms with Gasteiger partial charge in [0.15, 0.2) is 0 Å². The van der Waals surface area contributed by atoms with Gasteiger partial charge >= 0.3 is 6.18 Å². The van der Waals surface area contributed by atoms with Gasteiger partial charge < -0.3 is 10.0 Å². The maximum absolute atomic E-state index is 12.1. The first-order valence-corrected chi connectivity index (χ1v) is 5.85. The predicted octanol–water partition coefficient (Wildman–Crippen LogP) is 2.56. The van der Waals surface area contributed by atoms with Crippen LogP contribution in [0.3, 0.4) is 0 Å². The second kappa shape index (κ2) is 5.87. The van der Waals surface area contributed by atoms with E-state index in [0.29, 0.717) is 6.42 Å². The zero-order valence-corrected chi connectivity index (χ0v) is 9.63. The fourth-order valence-electron chi connectivity index (χ4n) is 2.25. The van der Waals surface area contributed by atoms with E-state index < -0.39 is 18.7 Å². The van der Waals surface area contributed by atoms with E-state index in [2.05, 4.69) is 0 Å². The number of nitrogens with zero attached hydrogens (tertiary/aromatic N) is 1. The molecule has 0 aliphatic heterocycles. The number of halogens is 3. The number of aliphatic hydroxyl groups is 1. The minimum absolute atomic E-state index is 0.0226. The number of hydrogen-bond acceptors (Lipinski definition) is 2. The monoisotopic (exact) mass is 239 g/mol. The maximum atomic E-state index is 12.1. The predicted molar refractivity (Wildman–Crippen MR) is 56.2 cm³/mol. The largest absolute Gasteiger partial charge is 0.391 e. The number of rotatable bonds is 3. The standard InChI is InChI=1S/C11H20F3NO/c1-15(8-7-11(12,13)14)9-5-3-2-4-6-10(9)16/h9-10,16H,2-8H2,1H3. The van der Waals surface area contributed by atoms with Crippen LogP contribution in [0.4, 0.5) is 13.2 Å². The molecule has 16 heavy (non-hydrogen) atoms. The van der Waals surface area contributed by atoms with Crippen molar-refractivity contribution in [2.45, 2.75) is 56.8 Å². The Kier molecular flexibility index (Phi) is 5.05. The Morgan fingerprint density at radius 3 is 2.44 bits per heavy atom. The topological polar surface area (TPSA) is 23.5 Å². The molecule has 2 unspecified atom stereocenters. The van der Waals surface area contributed by atoms with Gasteiger partial charge in [-0.3, -0.25) is 0 Å². The van der Waals surface area contributed by atoms with Gasteiger partial charge in [-0.15, -0.1) is 0 Å². The first-order valence-electron chi connectivity index (χ1n) is 5.85. The van der Waals surface area contributed by atoms with Gasteiger partial charge in [-0.05, 0) is 19.9 Å². The summed E-state index contributed by atoms with van der Waals surface area (Å²) in [7, 11) is 1.67. The highest BCUT2D eigenvalue weighted by molar-refractivity contribution is 4.80. The molecule has 96 valence electrons. The molecular formula is C11H20F3NO. The highest BCUT2D eigenvalue weighted by Crippen LogP contribution is 2.24. The molecule has 2 nitrogen and oxygen atoms in total. The lowest BCUT2D eigenvalue weighted by atomic mass is 10.0. The summed E-state index contributed by atoms with van der Waals surface area (Å²) in [6.45, 7) is -0.0226. The molecule has 0 aromatic rings. The molecule has 1 rings (SSSR count). The first kappa shape index (κ1) is 13.8. The van der Waals surface area contributed by atoms with Crippen LogP contribution < -0.4 is 0 Å². The van der Waals surface area contributed by atoms with Crippen LogP contribution >= 0.6 is 0 Å². The van der Waals surface area contributed by atoms with Gasteiger partial charge in [-0.25, -0.2) is 0 Å². The Labute approximate surface area is 94.4 Å². The van der Waals surface area contributed by atoms with E-state index >= 15 is 0 Å². The van der Waals surface area contributed by atoms with E-state index in [0.717, 1.165) is 25.7 Å². The smallest absolute Gasteiger partial charge is 0.390 e. The van der Waals surface area contributed by atoms with Crippen molar-refractivity contribution >= 4 is 0 Å². The van der Waals surface area contributed by atoms with Gasteiger partial charge in [-0.2, -0.15) is 13.2 Å². The van der Waals surface area contributed by atoms with Gasteiger partial charge in [0.05, 0.1) is 12.5 Å². The third-order valence-electron chi connectivity index (χ3n) is 3.26. The van der Waals surface area contributed by atoms with Crippen LogP contribution in [0, 0.1) is 0 Å². The number of likely N-dealkylation sites (N-methyl/N-ethyl adjacent to an activating group) is 1. The zero-order chi connectivity index (χ0) is 12.2. The van der Waals surface area contributed by atoms with Crippen LogP contribution in [0.2, 0.25) is 0 Å². The highest BCUT2D eigenvalue weighted by atomic mass is 19.4. The fraction of sp³-hybridized carbons (Fsp3) is 1.00. The summed E-state index contributed by atoms with van der Waals surface area (Å²) in [5.41, 5.74) is 0.